The molecule has 0 radical (unpaired) electrons. The Morgan fingerprint density at radius 1 is 1.28 bits per heavy atom. The summed E-state index contributed by atoms with van der Waals surface area (Å²) in [5.74, 6) is -0.498. The summed E-state index contributed by atoms with van der Waals surface area (Å²) in [4.78, 5) is 39.1. The predicted molar refractivity (Wildman–Crippen MR) is 109 cm³/mol. The number of aliphatic hydroxyl groups is 1. The number of carbonyl (C=O) groups is 3. The number of nitrogens with zero attached hydrogens (tertiary/aromatic N) is 1. The minimum atomic E-state index is -0.923. The number of rotatable bonds is 5. The number of imide groups is 1. The molecule has 7 heteroatoms. The molecular formula is C22H31N3O4. The van der Waals surface area contributed by atoms with Gasteiger partial charge in [-0.2, -0.15) is 0 Å². The summed E-state index contributed by atoms with van der Waals surface area (Å²) in [6.45, 7) is 7.63. The van der Waals surface area contributed by atoms with Gasteiger partial charge >= 0.3 is 6.03 Å². The number of benzene rings is 1. The molecule has 0 aromatic heterocycles. The second-order valence-electron chi connectivity index (χ2n) is 9.47. The number of nitrogens with one attached hydrogen (secondary N) is 2. The minimum absolute atomic E-state index is 0.0623. The largest absolute Gasteiger partial charge is 0.386 e. The molecule has 0 bridgehead atoms. The predicted octanol–water partition coefficient (Wildman–Crippen LogP) is 2.36. The first-order valence-electron chi connectivity index (χ1n) is 10.2. The van der Waals surface area contributed by atoms with Crippen LogP contribution in [0.4, 0.5) is 4.79 Å². The van der Waals surface area contributed by atoms with Crippen molar-refractivity contribution in [2.24, 2.45) is 11.3 Å². The number of aliphatic hydroxyl groups excluding tert-OH is 1. The molecule has 1 saturated carbocycles. The first-order chi connectivity index (χ1) is 13.5. The average Bonchev–Trinajstić information content (AvgIpc) is 2.83. The molecule has 3 rings (SSSR count). The van der Waals surface area contributed by atoms with Crippen LogP contribution in [0.5, 0.6) is 0 Å². The van der Waals surface area contributed by atoms with Crippen LogP contribution in [-0.2, 0) is 9.59 Å². The first-order valence-corrected chi connectivity index (χ1v) is 10.2. The third-order valence-corrected chi connectivity index (χ3v) is 5.93. The highest BCUT2D eigenvalue weighted by Gasteiger charge is 2.56. The molecule has 4 atom stereocenters. The van der Waals surface area contributed by atoms with E-state index in [4.69, 9.17) is 0 Å². The van der Waals surface area contributed by atoms with Gasteiger partial charge in [-0.25, -0.2) is 4.79 Å². The molecule has 29 heavy (non-hydrogen) atoms. The number of carbonyl (C=O) groups excluding carboxylic acids is 3. The number of hydrogen-bond donors (Lipinski definition) is 3. The second kappa shape index (κ2) is 7.78. The van der Waals surface area contributed by atoms with Gasteiger partial charge in [0.1, 0.15) is 12.1 Å². The summed E-state index contributed by atoms with van der Waals surface area (Å²) in [6.07, 6.45) is 1.26. The first kappa shape index (κ1) is 21.3. The van der Waals surface area contributed by atoms with E-state index in [1.54, 1.807) is 19.1 Å². The highest BCUT2D eigenvalue weighted by molar-refractivity contribution is 6.09. The highest BCUT2D eigenvalue weighted by Crippen LogP contribution is 2.46. The summed E-state index contributed by atoms with van der Waals surface area (Å²) in [7, 11) is 0. The Morgan fingerprint density at radius 3 is 2.55 bits per heavy atom. The van der Waals surface area contributed by atoms with Crippen molar-refractivity contribution in [3.63, 3.8) is 0 Å². The second-order valence-corrected chi connectivity index (χ2v) is 9.47. The van der Waals surface area contributed by atoms with Crippen LogP contribution in [-0.4, -0.2) is 46.0 Å². The minimum Gasteiger partial charge on any atom is -0.386 e. The zero-order chi connectivity index (χ0) is 21.4. The summed E-state index contributed by atoms with van der Waals surface area (Å²) < 4.78 is 0. The highest BCUT2D eigenvalue weighted by atomic mass is 16.3. The Bertz CT molecular complexity index is 795. The van der Waals surface area contributed by atoms with Gasteiger partial charge in [0, 0.05) is 0 Å². The summed E-state index contributed by atoms with van der Waals surface area (Å²) in [5.41, 5.74) is -0.298. The summed E-state index contributed by atoms with van der Waals surface area (Å²) in [6, 6.07) is 7.94. The van der Waals surface area contributed by atoms with Gasteiger partial charge in [-0.15, -0.1) is 0 Å². The van der Waals surface area contributed by atoms with E-state index in [9.17, 15) is 19.5 Å². The van der Waals surface area contributed by atoms with E-state index in [-0.39, 0.29) is 17.9 Å². The molecule has 4 unspecified atom stereocenters. The Balaban J connectivity index is 1.65. The molecule has 2 fully saturated rings. The molecule has 1 aromatic rings. The van der Waals surface area contributed by atoms with E-state index in [1.165, 1.54) is 0 Å². The summed E-state index contributed by atoms with van der Waals surface area (Å²) in [5, 5.41) is 16.0. The fraction of sp³-hybridized carbons (Fsp3) is 0.591. The molecule has 1 aliphatic heterocycles. The lowest BCUT2D eigenvalue weighted by atomic mass is 9.64. The van der Waals surface area contributed by atoms with Crippen molar-refractivity contribution in [1.82, 2.24) is 15.5 Å². The van der Waals surface area contributed by atoms with Crippen LogP contribution in [0.1, 0.15) is 58.6 Å². The van der Waals surface area contributed by atoms with Crippen molar-refractivity contribution in [2.45, 2.75) is 64.6 Å². The van der Waals surface area contributed by atoms with Crippen molar-refractivity contribution in [1.29, 1.82) is 0 Å². The SMILES string of the molecule is CC1CC(C)(C)CC2(C1)NC(=O)N(CC(=O)NC(C)C(O)c1ccccc1)C2=O. The topological polar surface area (TPSA) is 98.7 Å². The third kappa shape index (κ3) is 4.45. The maximum absolute atomic E-state index is 13.1. The van der Waals surface area contributed by atoms with E-state index < -0.39 is 29.6 Å². The van der Waals surface area contributed by atoms with Crippen LogP contribution in [0.15, 0.2) is 30.3 Å². The van der Waals surface area contributed by atoms with Gasteiger partial charge in [0.05, 0.1) is 12.1 Å². The van der Waals surface area contributed by atoms with Gasteiger partial charge in [-0.05, 0) is 43.1 Å². The fourth-order valence-electron chi connectivity index (χ4n) is 5.11. The molecule has 7 nitrogen and oxygen atoms in total. The van der Waals surface area contributed by atoms with Crippen LogP contribution >= 0.6 is 0 Å². The fourth-order valence-corrected chi connectivity index (χ4v) is 5.11. The molecule has 1 spiro atoms. The maximum Gasteiger partial charge on any atom is 0.325 e. The summed E-state index contributed by atoms with van der Waals surface area (Å²) >= 11 is 0. The Kier molecular flexibility index (Phi) is 5.72. The number of hydrogen-bond acceptors (Lipinski definition) is 4. The van der Waals surface area contributed by atoms with Crippen LogP contribution in [0.2, 0.25) is 0 Å². The van der Waals surface area contributed by atoms with E-state index in [0.29, 0.717) is 24.3 Å². The lowest BCUT2D eigenvalue weighted by Gasteiger charge is -2.43. The van der Waals surface area contributed by atoms with Gasteiger partial charge in [-0.1, -0.05) is 51.1 Å². The van der Waals surface area contributed by atoms with Crippen LogP contribution in [0.25, 0.3) is 0 Å². The van der Waals surface area contributed by atoms with Gasteiger partial charge in [0.25, 0.3) is 5.91 Å². The van der Waals surface area contributed by atoms with E-state index in [1.807, 2.05) is 18.2 Å². The van der Waals surface area contributed by atoms with Crippen molar-refractivity contribution in [2.75, 3.05) is 6.54 Å². The molecule has 2 aliphatic rings. The molecule has 1 aliphatic carbocycles. The standard InChI is InChI=1S/C22H31N3O4/c1-14-10-21(3,4)13-22(11-14)19(28)25(20(29)24-22)12-17(26)23-15(2)18(27)16-8-6-5-7-9-16/h5-9,14-15,18,27H,10-13H2,1-4H3,(H,23,26)(H,24,29). The molecule has 158 valence electrons. The Hall–Kier alpha value is -2.41. The Morgan fingerprint density at radius 2 is 1.93 bits per heavy atom. The van der Waals surface area contributed by atoms with Crippen LogP contribution < -0.4 is 10.6 Å². The van der Waals surface area contributed by atoms with Gasteiger partial charge in [0.15, 0.2) is 0 Å². The molecule has 1 saturated heterocycles. The van der Waals surface area contributed by atoms with Crippen molar-refractivity contribution in [3.05, 3.63) is 35.9 Å². The quantitative estimate of drug-likeness (QED) is 0.660. The van der Waals surface area contributed by atoms with E-state index in [0.717, 1.165) is 11.3 Å². The lowest BCUT2D eigenvalue weighted by molar-refractivity contribution is -0.138. The van der Waals surface area contributed by atoms with Crippen molar-refractivity contribution < 1.29 is 19.5 Å². The molecule has 3 N–H and O–H groups in total. The monoisotopic (exact) mass is 401 g/mol. The zero-order valence-electron chi connectivity index (χ0n) is 17.6. The van der Waals surface area contributed by atoms with Crippen LogP contribution in [0.3, 0.4) is 0 Å². The molecule has 4 amide bonds. The zero-order valence-corrected chi connectivity index (χ0v) is 17.6. The molecule has 1 aromatic carbocycles. The Labute approximate surface area is 171 Å². The number of amides is 4. The van der Waals surface area contributed by atoms with Crippen molar-refractivity contribution in [3.8, 4) is 0 Å². The normalized spacial score (nSPS) is 28.2. The third-order valence-electron chi connectivity index (χ3n) is 5.93. The van der Waals surface area contributed by atoms with Gasteiger partial charge < -0.3 is 15.7 Å². The smallest absolute Gasteiger partial charge is 0.325 e. The number of urea groups is 1. The van der Waals surface area contributed by atoms with E-state index >= 15 is 0 Å². The van der Waals surface area contributed by atoms with Gasteiger partial charge in [-0.3, -0.25) is 14.5 Å². The lowest BCUT2D eigenvalue weighted by Crippen LogP contribution is -2.54. The molecule has 1 heterocycles. The van der Waals surface area contributed by atoms with Crippen molar-refractivity contribution >= 4 is 17.8 Å². The average molecular weight is 402 g/mol. The van der Waals surface area contributed by atoms with Gasteiger partial charge in [0.2, 0.25) is 5.91 Å². The maximum atomic E-state index is 13.1. The molecular weight excluding hydrogens is 370 g/mol. The van der Waals surface area contributed by atoms with Crippen LogP contribution in [0, 0.1) is 11.3 Å². The van der Waals surface area contributed by atoms with E-state index in [2.05, 4.69) is 31.4 Å².